The van der Waals surface area contributed by atoms with Crippen LogP contribution in [0.3, 0.4) is 0 Å². The average Bonchev–Trinajstić information content (AvgIpc) is 2.16. The number of aliphatic hydroxyl groups is 1. The first-order valence-corrected chi connectivity index (χ1v) is 5.30. The first-order chi connectivity index (χ1) is 6.36. The minimum Gasteiger partial charge on any atom is -0.396 e. The maximum Gasteiger partial charge on any atom is 0.127 e. The molecule has 0 fully saturated rings. The lowest BCUT2D eigenvalue weighted by Gasteiger charge is -2.03. The van der Waals surface area contributed by atoms with Crippen molar-refractivity contribution in [3.05, 3.63) is 18.2 Å². The zero-order chi connectivity index (χ0) is 9.52. The predicted octanol–water partition coefficient (Wildman–Crippen LogP) is 1.60. The predicted molar refractivity (Wildman–Crippen MR) is 56.2 cm³/mol. The van der Waals surface area contributed by atoms with Gasteiger partial charge < -0.3 is 10.4 Å². The van der Waals surface area contributed by atoms with Crippen LogP contribution in [0.4, 0.5) is 5.82 Å². The molecule has 2 N–H and O–H groups in total. The van der Waals surface area contributed by atoms with Crippen molar-refractivity contribution >= 4 is 17.6 Å². The number of rotatable bonds is 5. The molecule has 1 aromatic heterocycles. The van der Waals surface area contributed by atoms with Crippen molar-refractivity contribution in [2.75, 3.05) is 24.2 Å². The Kier molecular flexibility index (Phi) is 4.64. The van der Waals surface area contributed by atoms with E-state index in [2.05, 4.69) is 10.3 Å². The van der Waals surface area contributed by atoms with Gasteiger partial charge >= 0.3 is 0 Å². The van der Waals surface area contributed by atoms with Crippen LogP contribution in [0.2, 0.25) is 0 Å². The number of hydrogen-bond donors (Lipinski definition) is 2. The largest absolute Gasteiger partial charge is 0.396 e. The smallest absolute Gasteiger partial charge is 0.127 e. The molecule has 0 aliphatic heterocycles. The topological polar surface area (TPSA) is 45.1 Å². The Hall–Kier alpha value is -0.740. The number of thioether (sulfide) groups is 1. The number of hydrogen-bond acceptors (Lipinski definition) is 4. The molecule has 0 atom stereocenters. The van der Waals surface area contributed by atoms with Crippen molar-refractivity contribution < 1.29 is 5.11 Å². The van der Waals surface area contributed by atoms with Crippen LogP contribution >= 0.6 is 11.8 Å². The Bertz CT molecular complexity index is 255. The molecule has 1 rings (SSSR count). The monoisotopic (exact) mass is 198 g/mol. The lowest BCUT2D eigenvalue weighted by Crippen LogP contribution is -1.99. The van der Waals surface area contributed by atoms with E-state index in [9.17, 15) is 0 Å². The molecule has 13 heavy (non-hydrogen) atoms. The summed E-state index contributed by atoms with van der Waals surface area (Å²) in [5, 5.41) is 12.7. The van der Waals surface area contributed by atoms with Crippen LogP contribution in [0, 0.1) is 0 Å². The minimum absolute atomic E-state index is 0.192. The Labute approximate surface area is 82.6 Å². The van der Waals surface area contributed by atoms with Crippen molar-refractivity contribution in [3.63, 3.8) is 0 Å². The van der Waals surface area contributed by atoms with Gasteiger partial charge in [-0.25, -0.2) is 4.98 Å². The molecule has 1 heterocycles. The third-order valence-corrected chi connectivity index (χ3v) is 2.33. The highest BCUT2D eigenvalue weighted by Gasteiger charge is 1.96. The maximum absolute atomic E-state index is 8.64. The van der Waals surface area contributed by atoms with E-state index >= 15 is 0 Å². The molecule has 4 heteroatoms. The maximum atomic E-state index is 8.64. The fourth-order valence-corrected chi connectivity index (χ4v) is 1.56. The number of nitrogens with one attached hydrogen (secondary N) is 1. The molecule has 0 bridgehead atoms. The molecule has 0 amide bonds. The summed E-state index contributed by atoms with van der Waals surface area (Å²) in [4.78, 5) is 4.34. The molecule has 0 saturated carbocycles. The molecule has 72 valence electrons. The molecule has 0 saturated heterocycles. The van der Waals surface area contributed by atoms with E-state index in [0.29, 0.717) is 5.75 Å². The highest BCUT2D eigenvalue weighted by atomic mass is 32.2. The van der Waals surface area contributed by atoms with Gasteiger partial charge in [-0.1, -0.05) is 6.07 Å². The first kappa shape index (κ1) is 10.3. The molecule has 0 unspecified atom stereocenters. The molecular formula is C9H14N2OS. The third-order valence-electron chi connectivity index (χ3n) is 1.42. The van der Waals surface area contributed by atoms with Crippen molar-refractivity contribution in [2.45, 2.75) is 11.9 Å². The molecule has 0 spiro atoms. The van der Waals surface area contributed by atoms with E-state index in [1.807, 2.05) is 25.1 Å². The molecule has 0 aliphatic carbocycles. The average molecular weight is 198 g/mol. The van der Waals surface area contributed by atoms with Crippen LogP contribution in [0.15, 0.2) is 23.2 Å². The standard InChI is InChI=1S/C9H14N2OS/c1-2-10-8-4-3-5-9(11-8)13-7-6-12/h3-5,12H,2,6-7H2,1H3,(H,10,11). The second-order valence-corrected chi connectivity index (χ2v) is 3.58. The summed E-state index contributed by atoms with van der Waals surface area (Å²) >= 11 is 1.56. The van der Waals surface area contributed by atoms with E-state index in [-0.39, 0.29) is 6.61 Å². The van der Waals surface area contributed by atoms with Gasteiger partial charge in [-0.3, -0.25) is 0 Å². The van der Waals surface area contributed by atoms with Crippen LogP contribution in [-0.2, 0) is 0 Å². The first-order valence-electron chi connectivity index (χ1n) is 4.31. The summed E-state index contributed by atoms with van der Waals surface area (Å²) in [5.41, 5.74) is 0. The fraction of sp³-hybridized carbons (Fsp3) is 0.444. The molecule has 0 aliphatic rings. The quantitative estimate of drug-likeness (QED) is 0.705. The minimum atomic E-state index is 0.192. The Morgan fingerprint density at radius 1 is 1.54 bits per heavy atom. The fourth-order valence-electron chi connectivity index (χ4n) is 0.925. The highest BCUT2D eigenvalue weighted by molar-refractivity contribution is 7.99. The van der Waals surface area contributed by atoms with Crippen LogP contribution in [0.25, 0.3) is 0 Å². The second-order valence-electron chi connectivity index (χ2n) is 2.46. The number of nitrogens with zero attached hydrogens (tertiary/aromatic N) is 1. The van der Waals surface area contributed by atoms with Gasteiger partial charge in [0.05, 0.1) is 11.6 Å². The highest BCUT2D eigenvalue weighted by Crippen LogP contribution is 2.16. The summed E-state index contributed by atoms with van der Waals surface area (Å²) in [5.74, 6) is 1.59. The van der Waals surface area contributed by atoms with Gasteiger partial charge in [-0.05, 0) is 19.1 Å². The van der Waals surface area contributed by atoms with E-state index in [0.717, 1.165) is 17.4 Å². The number of pyridine rings is 1. The molecule has 1 aromatic rings. The van der Waals surface area contributed by atoms with E-state index < -0.39 is 0 Å². The van der Waals surface area contributed by atoms with Crippen LogP contribution in [0.5, 0.6) is 0 Å². The molecule has 3 nitrogen and oxygen atoms in total. The van der Waals surface area contributed by atoms with Crippen LogP contribution < -0.4 is 5.32 Å². The van der Waals surface area contributed by atoms with Crippen LogP contribution in [-0.4, -0.2) is 29.0 Å². The summed E-state index contributed by atoms with van der Waals surface area (Å²) in [6, 6.07) is 5.85. The van der Waals surface area contributed by atoms with Crippen molar-refractivity contribution in [2.24, 2.45) is 0 Å². The van der Waals surface area contributed by atoms with Gasteiger partial charge in [0.15, 0.2) is 0 Å². The number of aromatic nitrogens is 1. The van der Waals surface area contributed by atoms with Crippen LogP contribution in [0.1, 0.15) is 6.92 Å². The summed E-state index contributed by atoms with van der Waals surface area (Å²) in [7, 11) is 0. The third kappa shape index (κ3) is 3.65. The molecule has 0 aromatic carbocycles. The molecular weight excluding hydrogens is 184 g/mol. The van der Waals surface area contributed by atoms with E-state index in [1.165, 1.54) is 0 Å². The number of aliphatic hydroxyl groups excluding tert-OH is 1. The van der Waals surface area contributed by atoms with Gasteiger partial charge in [0.25, 0.3) is 0 Å². The Morgan fingerprint density at radius 2 is 2.38 bits per heavy atom. The Balaban J connectivity index is 2.56. The van der Waals surface area contributed by atoms with E-state index in [4.69, 9.17) is 5.11 Å². The summed E-state index contributed by atoms with van der Waals surface area (Å²) in [6.45, 7) is 3.11. The van der Waals surface area contributed by atoms with E-state index in [1.54, 1.807) is 11.8 Å². The lowest BCUT2D eigenvalue weighted by molar-refractivity contribution is 0.322. The zero-order valence-electron chi connectivity index (χ0n) is 7.66. The lowest BCUT2D eigenvalue weighted by atomic mass is 10.4. The summed E-state index contributed by atoms with van der Waals surface area (Å²) < 4.78 is 0. The Morgan fingerprint density at radius 3 is 3.08 bits per heavy atom. The van der Waals surface area contributed by atoms with Crippen molar-refractivity contribution in [3.8, 4) is 0 Å². The van der Waals surface area contributed by atoms with Gasteiger partial charge in [0, 0.05) is 12.3 Å². The zero-order valence-corrected chi connectivity index (χ0v) is 8.47. The normalized spacial score (nSPS) is 10.0. The van der Waals surface area contributed by atoms with Gasteiger partial charge in [-0.2, -0.15) is 0 Å². The van der Waals surface area contributed by atoms with Gasteiger partial charge in [0.1, 0.15) is 5.82 Å². The second kappa shape index (κ2) is 5.83. The SMILES string of the molecule is CCNc1cccc(SCCO)n1. The van der Waals surface area contributed by atoms with Gasteiger partial charge in [0.2, 0.25) is 0 Å². The molecule has 0 radical (unpaired) electrons. The van der Waals surface area contributed by atoms with Gasteiger partial charge in [-0.15, -0.1) is 11.8 Å². The van der Waals surface area contributed by atoms with Crippen molar-refractivity contribution in [1.29, 1.82) is 0 Å². The van der Waals surface area contributed by atoms with Crippen molar-refractivity contribution in [1.82, 2.24) is 4.98 Å². The number of anilines is 1. The summed E-state index contributed by atoms with van der Waals surface area (Å²) in [6.07, 6.45) is 0.